The molecule has 2 unspecified atom stereocenters. The van der Waals surface area contributed by atoms with E-state index in [2.05, 4.69) is 112 Å². The van der Waals surface area contributed by atoms with Gasteiger partial charge in [-0.25, -0.2) is 0 Å². The Kier molecular flexibility index (Phi) is 14.5. The Bertz CT molecular complexity index is 1140. The predicted octanol–water partition coefficient (Wildman–Crippen LogP) is 12.6. The van der Waals surface area contributed by atoms with E-state index in [4.69, 9.17) is 0 Å². The van der Waals surface area contributed by atoms with Crippen molar-refractivity contribution in [3.05, 3.63) is 93.8 Å². The van der Waals surface area contributed by atoms with E-state index in [1.54, 1.807) is 22.3 Å². The second-order valence-electron chi connectivity index (χ2n) is 13.6. The summed E-state index contributed by atoms with van der Waals surface area (Å²) in [5.41, 5.74) is 15.3. The minimum atomic E-state index is 0. The smallest absolute Gasteiger partial charge is 0.358 e. The molecule has 3 aliphatic rings. The van der Waals surface area contributed by atoms with Crippen molar-refractivity contribution >= 4 is 21.7 Å². The average Bonchev–Trinajstić information content (AvgIpc) is 3.68. The van der Waals surface area contributed by atoms with Crippen LogP contribution in [0.1, 0.15) is 175 Å². The van der Waals surface area contributed by atoms with Gasteiger partial charge in [0.15, 0.2) is 0 Å². The van der Waals surface area contributed by atoms with E-state index in [0.29, 0.717) is 35.5 Å². The van der Waals surface area contributed by atoms with Gasteiger partial charge < -0.3 is 13.8 Å². The minimum Gasteiger partial charge on any atom is -0.358 e. The van der Waals surface area contributed by atoms with E-state index in [-0.39, 0.29) is 33.6 Å². The molecule has 1 aliphatic heterocycles. The van der Waals surface area contributed by atoms with Crippen molar-refractivity contribution in [2.45, 2.75) is 143 Å². The molecule has 42 heavy (non-hydrogen) atoms. The van der Waals surface area contributed by atoms with Gasteiger partial charge in [0.25, 0.3) is 0 Å². The standard InChI is InChI=1S/C35H47.C4H8Si.CH3.Zr/c1-11-24-13-32-28(22(7)8)15-26(20(3)4)17-34(32)30(24)19-31-25(12-2)14-33-29(23(9)10)16-27(21(5)6)18-35(31)33;1-2-4-5-3-1;;/h13-23,30-31H,11-12H2,1-10H3;1-4H2;1H3;/q-1;;-1;+2. The quantitative estimate of drug-likeness (QED) is 0.196. The fourth-order valence-corrected chi connectivity index (χ4v) is 8.03. The molecule has 5 rings (SSSR count). The molecule has 0 saturated carbocycles. The Morgan fingerprint density at radius 2 is 1.02 bits per heavy atom. The van der Waals surface area contributed by atoms with Crippen LogP contribution < -0.4 is 0 Å². The molecule has 2 aromatic rings. The Morgan fingerprint density at radius 1 is 0.643 bits per heavy atom. The fraction of sp³-hybridized carbons (Fsp3) is 0.550. The summed E-state index contributed by atoms with van der Waals surface area (Å²) < 4.78 is 0. The van der Waals surface area contributed by atoms with Crippen LogP contribution in [0.25, 0.3) is 12.2 Å². The van der Waals surface area contributed by atoms with E-state index in [0.717, 1.165) is 12.8 Å². The van der Waals surface area contributed by atoms with Crippen LogP contribution in [0.4, 0.5) is 0 Å². The van der Waals surface area contributed by atoms with Gasteiger partial charge in [-0.05, 0) is 69.9 Å². The first-order valence-electron chi connectivity index (χ1n) is 16.4. The number of benzene rings is 2. The summed E-state index contributed by atoms with van der Waals surface area (Å²) in [6, 6.07) is 13.1. The molecule has 0 bridgehead atoms. The van der Waals surface area contributed by atoms with Crippen LogP contribution in [0.3, 0.4) is 0 Å². The molecular formula is C40H58SiZr. The molecule has 0 nitrogen and oxygen atoms in total. The summed E-state index contributed by atoms with van der Waals surface area (Å²) in [7, 11) is 1.31. The molecule has 1 heterocycles. The Balaban J connectivity index is 0.000000797. The van der Waals surface area contributed by atoms with Crippen LogP contribution in [0.5, 0.6) is 0 Å². The molecule has 2 heteroatoms. The van der Waals surface area contributed by atoms with Gasteiger partial charge in [0, 0.05) is 9.52 Å². The van der Waals surface area contributed by atoms with Crippen LogP contribution in [0.2, 0.25) is 12.1 Å². The van der Waals surface area contributed by atoms with E-state index < -0.39 is 0 Å². The van der Waals surface area contributed by atoms with Crippen molar-refractivity contribution in [2.75, 3.05) is 0 Å². The maximum atomic E-state index is 2.71. The number of fused-ring (bicyclic) bond motifs is 2. The summed E-state index contributed by atoms with van der Waals surface area (Å²) in [4.78, 5) is 0. The van der Waals surface area contributed by atoms with Crippen LogP contribution in [-0.2, 0) is 26.2 Å². The van der Waals surface area contributed by atoms with Gasteiger partial charge in [-0.15, -0.1) is 11.8 Å². The molecule has 2 aromatic carbocycles. The topological polar surface area (TPSA) is 0 Å². The second kappa shape index (κ2) is 16.4. The minimum absolute atomic E-state index is 0. The molecule has 0 amide bonds. The van der Waals surface area contributed by atoms with Gasteiger partial charge >= 0.3 is 26.2 Å². The zero-order valence-corrected chi connectivity index (χ0v) is 32.2. The van der Waals surface area contributed by atoms with Gasteiger partial charge in [0.05, 0.1) is 0 Å². The van der Waals surface area contributed by atoms with Crippen molar-refractivity contribution in [2.24, 2.45) is 0 Å². The average molecular weight is 658 g/mol. The molecular weight excluding hydrogens is 600 g/mol. The normalized spacial score (nSPS) is 18.8. The Morgan fingerprint density at radius 3 is 1.29 bits per heavy atom. The van der Waals surface area contributed by atoms with E-state index in [1.807, 2.05) is 0 Å². The summed E-state index contributed by atoms with van der Waals surface area (Å²) >= 11 is 0. The molecule has 226 valence electrons. The molecule has 1 saturated heterocycles. The first kappa shape index (κ1) is 37.2. The van der Waals surface area contributed by atoms with Crippen molar-refractivity contribution in [1.82, 2.24) is 0 Å². The van der Waals surface area contributed by atoms with Crippen LogP contribution >= 0.6 is 0 Å². The van der Waals surface area contributed by atoms with Crippen LogP contribution in [0, 0.1) is 13.8 Å². The number of hydrogen-bond donors (Lipinski definition) is 0. The molecule has 0 spiro atoms. The largest absolute Gasteiger partial charge is 2.00 e. The molecule has 2 radical (unpaired) electrons. The van der Waals surface area contributed by atoms with Gasteiger partial charge in [-0.2, -0.15) is 0 Å². The Labute approximate surface area is 282 Å². The fourth-order valence-electron chi connectivity index (χ4n) is 6.78. The summed E-state index contributed by atoms with van der Waals surface area (Å²) in [6.07, 6.45) is 13.0. The van der Waals surface area contributed by atoms with E-state index in [1.165, 1.54) is 67.8 Å². The van der Waals surface area contributed by atoms with Crippen molar-refractivity contribution < 1.29 is 26.2 Å². The molecule has 0 aromatic heterocycles. The van der Waals surface area contributed by atoms with Gasteiger partial charge in [-0.1, -0.05) is 153 Å². The Hall–Kier alpha value is -0.980. The third kappa shape index (κ3) is 7.99. The SMILES string of the molecule is C1CC[Si]C1.CCC1=Cc2c(C(C)C)cc(C(C)C)cc2C1[CH-]C1C(CC)=Cc2c(C(C)C)cc(C(C)C)cc21.[CH3-].[Zr+2]. The number of rotatable bonds is 8. The van der Waals surface area contributed by atoms with Gasteiger partial charge in [0.2, 0.25) is 0 Å². The number of hydrogen-bond acceptors (Lipinski definition) is 0. The first-order chi connectivity index (χ1) is 19.1. The van der Waals surface area contributed by atoms with Gasteiger partial charge in [-0.3, -0.25) is 0 Å². The van der Waals surface area contributed by atoms with Crippen molar-refractivity contribution in [3.8, 4) is 0 Å². The van der Waals surface area contributed by atoms with E-state index >= 15 is 0 Å². The maximum Gasteiger partial charge on any atom is 2.00 e. The zero-order chi connectivity index (χ0) is 29.1. The second-order valence-corrected chi connectivity index (χ2v) is 15.1. The maximum absolute atomic E-state index is 2.71. The zero-order valence-electron chi connectivity index (χ0n) is 28.7. The van der Waals surface area contributed by atoms with Crippen LogP contribution in [-0.4, -0.2) is 9.52 Å². The van der Waals surface area contributed by atoms with Crippen LogP contribution in [0.15, 0.2) is 35.4 Å². The summed E-state index contributed by atoms with van der Waals surface area (Å²) in [6.45, 7) is 23.4. The monoisotopic (exact) mass is 656 g/mol. The predicted molar refractivity (Wildman–Crippen MR) is 187 cm³/mol. The molecule has 2 aliphatic carbocycles. The van der Waals surface area contributed by atoms with Crippen molar-refractivity contribution in [3.63, 3.8) is 0 Å². The van der Waals surface area contributed by atoms with Gasteiger partial charge in [0.1, 0.15) is 0 Å². The molecule has 2 atom stereocenters. The van der Waals surface area contributed by atoms with Crippen molar-refractivity contribution in [1.29, 1.82) is 0 Å². The third-order valence-corrected chi connectivity index (χ3v) is 10.8. The van der Waals surface area contributed by atoms with E-state index in [9.17, 15) is 0 Å². The summed E-state index contributed by atoms with van der Waals surface area (Å²) in [5.74, 6) is 2.98. The molecule has 0 N–H and O–H groups in total. The number of allylic oxidation sites excluding steroid dienone is 2. The third-order valence-electron chi connectivity index (χ3n) is 9.40. The first-order valence-corrected chi connectivity index (χ1v) is 17.8. The molecule has 1 fully saturated rings. The summed E-state index contributed by atoms with van der Waals surface area (Å²) in [5, 5.41) is 0.